The van der Waals surface area contributed by atoms with Crippen molar-refractivity contribution in [1.29, 1.82) is 0 Å². The lowest BCUT2D eigenvalue weighted by Gasteiger charge is -2.27. The summed E-state index contributed by atoms with van der Waals surface area (Å²) >= 11 is 0. The minimum atomic E-state index is -0.484. The van der Waals surface area contributed by atoms with Crippen LogP contribution in [0.1, 0.15) is 52.9 Å². The van der Waals surface area contributed by atoms with Crippen LogP contribution >= 0.6 is 0 Å². The van der Waals surface area contributed by atoms with E-state index in [1.54, 1.807) is 4.90 Å². The molecule has 0 fully saturated rings. The van der Waals surface area contributed by atoms with Gasteiger partial charge in [-0.05, 0) is 33.6 Å². The van der Waals surface area contributed by atoms with Crippen molar-refractivity contribution in [2.45, 2.75) is 58.5 Å². The molecule has 0 aromatic rings. The number of aliphatic hydroxyl groups excluding tert-OH is 1. The second-order valence-electron chi connectivity index (χ2n) is 5.56. The number of aliphatic hydroxyl groups is 1. The van der Waals surface area contributed by atoms with E-state index >= 15 is 0 Å². The number of carbonyl (C=O) groups excluding carboxylic acids is 1. The van der Waals surface area contributed by atoms with Gasteiger partial charge in [0.25, 0.3) is 0 Å². The van der Waals surface area contributed by atoms with Gasteiger partial charge in [0.2, 0.25) is 0 Å². The van der Waals surface area contributed by atoms with Crippen LogP contribution in [0.2, 0.25) is 0 Å². The highest BCUT2D eigenvalue weighted by Gasteiger charge is 2.21. The Morgan fingerprint density at radius 2 is 1.84 bits per heavy atom. The number of rotatable bonds is 8. The van der Waals surface area contributed by atoms with Crippen LogP contribution in [0.3, 0.4) is 0 Å². The van der Waals surface area contributed by atoms with E-state index < -0.39 is 5.60 Å². The van der Waals surface area contributed by atoms with E-state index in [0.29, 0.717) is 19.5 Å². The lowest BCUT2D eigenvalue weighted by molar-refractivity contribution is 0.0250. The molecule has 1 N–H and O–H groups in total. The fourth-order valence-corrected chi connectivity index (χ4v) is 1.59. The molecule has 0 atom stereocenters. The SMILES string of the molecule is C#CCCN(CCCCCCO)C(=O)OC(C)(C)C. The molecule has 0 aliphatic rings. The molecule has 0 saturated heterocycles. The van der Waals surface area contributed by atoms with Crippen LogP contribution in [0.4, 0.5) is 4.79 Å². The molecule has 0 spiro atoms. The molecule has 0 aliphatic carbocycles. The molecule has 110 valence electrons. The Morgan fingerprint density at radius 1 is 1.21 bits per heavy atom. The molecular weight excluding hydrogens is 242 g/mol. The molecule has 4 nitrogen and oxygen atoms in total. The summed E-state index contributed by atoms with van der Waals surface area (Å²) in [6, 6.07) is 0. The van der Waals surface area contributed by atoms with Gasteiger partial charge in [-0.15, -0.1) is 12.3 Å². The summed E-state index contributed by atoms with van der Waals surface area (Å²) in [6.07, 6.45) is 9.18. The van der Waals surface area contributed by atoms with Gasteiger partial charge in [0, 0.05) is 26.1 Å². The van der Waals surface area contributed by atoms with Gasteiger partial charge < -0.3 is 14.7 Å². The van der Waals surface area contributed by atoms with Crippen molar-refractivity contribution in [3.05, 3.63) is 0 Å². The number of nitrogens with zero attached hydrogens (tertiary/aromatic N) is 1. The van der Waals surface area contributed by atoms with Crippen molar-refractivity contribution in [2.24, 2.45) is 0 Å². The molecule has 0 aliphatic heterocycles. The smallest absolute Gasteiger partial charge is 0.410 e. The zero-order valence-corrected chi connectivity index (χ0v) is 12.4. The quantitative estimate of drug-likeness (QED) is 0.544. The molecule has 0 aromatic heterocycles. The third-order valence-electron chi connectivity index (χ3n) is 2.51. The van der Waals surface area contributed by atoms with Gasteiger partial charge in [-0.3, -0.25) is 0 Å². The maximum Gasteiger partial charge on any atom is 0.410 e. The van der Waals surface area contributed by atoms with E-state index in [-0.39, 0.29) is 12.7 Å². The number of hydrogen-bond acceptors (Lipinski definition) is 3. The highest BCUT2D eigenvalue weighted by Crippen LogP contribution is 2.11. The fraction of sp³-hybridized carbons (Fsp3) is 0.800. The van der Waals surface area contributed by atoms with Crippen molar-refractivity contribution in [3.8, 4) is 12.3 Å². The highest BCUT2D eigenvalue weighted by molar-refractivity contribution is 5.68. The van der Waals surface area contributed by atoms with E-state index in [9.17, 15) is 4.79 Å². The fourth-order valence-electron chi connectivity index (χ4n) is 1.59. The average molecular weight is 269 g/mol. The van der Waals surface area contributed by atoms with E-state index in [2.05, 4.69) is 5.92 Å². The molecule has 1 amide bonds. The summed E-state index contributed by atoms with van der Waals surface area (Å²) in [5.74, 6) is 2.54. The Bertz CT molecular complexity index is 289. The van der Waals surface area contributed by atoms with E-state index in [0.717, 1.165) is 25.7 Å². The van der Waals surface area contributed by atoms with Crippen LogP contribution in [0.15, 0.2) is 0 Å². The van der Waals surface area contributed by atoms with Crippen LogP contribution in [0.5, 0.6) is 0 Å². The first-order valence-electron chi connectivity index (χ1n) is 6.93. The lowest BCUT2D eigenvalue weighted by Crippen LogP contribution is -2.38. The Morgan fingerprint density at radius 3 is 2.37 bits per heavy atom. The number of hydrogen-bond donors (Lipinski definition) is 1. The van der Waals surface area contributed by atoms with Crippen molar-refractivity contribution in [1.82, 2.24) is 4.90 Å². The second-order valence-corrected chi connectivity index (χ2v) is 5.56. The Labute approximate surface area is 117 Å². The zero-order chi connectivity index (χ0) is 14.7. The summed E-state index contributed by atoms with van der Waals surface area (Å²) in [6.45, 7) is 6.98. The molecule has 19 heavy (non-hydrogen) atoms. The molecule has 4 heteroatoms. The molecule has 0 rings (SSSR count). The summed E-state index contributed by atoms with van der Waals surface area (Å²) < 4.78 is 5.35. The largest absolute Gasteiger partial charge is 0.444 e. The van der Waals surface area contributed by atoms with Gasteiger partial charge in [0.1, 0.15) is 5.60 Å². The Hall–Kier alpha value is -1.21. The predicted molar refractivity (Wildman–Crippen MR) is 76.8 cm³/mol. The van der Waals surface area contributed by atoms with Crippen LogP contribution in [-0.4, -0.2) is 41.4 Å². The zero-order valence-electron chi connectivity index (χ0n) is 12.4. The predicted octanol–water partition coefficient (Wildman–Crippen LogP) is 2.80. The van der Waals surface area contributed by atoms with Crippen LogP contribution < -0.4 is 0 Å². The number of terminal acetylenes is 1. The maximum atomic E-state index is 12.0. The van der Waals surface area contributed by atoms with Crippen molar-refractivity contribution in [2.75, 3.05) is 19.7 Å². The Balaban J connectivity index is 4.15. The number of unbranched alkanes of at least 4 members (excludes halogenated alkanes) is 3. The molecule has 0 unspecified atom stereocenters. The van der Waals surface area contributed by atoms with E-state index in [1.165, 1.54) is 0 Å². The van der Waals surface area contributed by atoms with E-state index in [4.69, 9.17) is 16.3 Å². The van der Waals surface area contributed by atoms with Gasteiger partial charge in [0.15, 0.2) is 0 Å². The van der Waals surface area contributed by atoms with Gasteiger partial charge in [0.05, 0.1) is 0 Å². The van der Waals surface area contributed by atoms with Gasteiger partial charge in [-0.2, -0.15) is 0 Å². The third-order valence-corrected chi connectivity index (χ3v) is 2.51. The summed E-state index contributed by atoms with van der Waals surface area (Å²) in [7, 11) is 0. The minimum Gasteiger partial charge on any atom is -0.444 e. The highest BCUT2D eigenvalue weighted by atomic mass is 16.6. The average Bonchev–Trinajstić information content (AvgIpc) is 2.30. The molecular formula is C15H27NO3. The monoisotopic (exact) mass is 269 g/mol. The second kappa shape index (κ2) is 9.69. The first-order chi connectivity index (χ1) is 8.90. The van der Waals surface area contributed by atoms with E-state index in [1.807, 2.05) is 20.8 Å². The van der Waals surface area contributed by atoms with Gasteiger partial charge in [-0.1, -0.05) is 12.8 Å². The standard InChI is InChI=1S/C15H27NO3/c1-5-6-11-16(12-9-7-8-10-13-17)14(18)19-15(2,3)4/h1,17H,6-13H2,2-4H3. The Kier molecular flexibility index (Phi) is 9.07. The molecule has 0 bridgehead atoms. The van der Waals surface area contributed by atoms with Crippen LogP contribution in [-0.2, 0) is 4.74 Å². The molecule has 0 aromatic carbocycles. The van der Waals surface area contributed by atoms with Crippen LogP contribution in [0, 0.1) is 12.3 Å². The summed E-state index contributed by atoms with van der Waals surface area (Å²) in [5, 5.41) is 8.70. The van der Waals surface area contributed by atoms with Gasteiger partial charge >= 0.3 is 6.09 Å². The number of ether oxygens (including phenoxy) is 1. The van der Waals surface area contributed by atoms with Crippen molar-refractivity contribution >= 4 is 6.09 Å². The third kappa shape index (κ3) is 10.4. The summed E-state index contributed by atoms with van der Waals surface area (Å²) in [5.41, 5.74) is -0.484. The van der Waals surface area contributed by atoms with Crippen molar-refractivity contribution < 1.29 is 14.6 Å². The first kappa shape index (κ1) is 17.8. The molecule has 0 heterocycles. The minimum absolute atomic E-state index is 0.229. The molecule has 0 radical (unpaired) electrons. The lowest BCUT2D eigenvalue weighted by atomic mass is 10.2. The van der Waals surface area contributed by atoms with Crippen LogP contribution in [0.25, 0.3) is 0 Å². The number of amides is 1. The van der Waals surface area contributed by atoms with Gasteiger partial charge in [-0.25, -0.2) is 4.79 Å². The first-order valence-corrected chi connectivity index (χ1v) is 6.93. The summed E-state index contributed by atoms with van der Waals surface area (Å²) in [4.78, 5) is 13.7. The molecule has 0 saturated carbocycles. The maximum absolute atomic E-state index is 12.0. The normalized spacial score (nSPS) is 10.9. The van der Waals surface area contributed by atoms with Crippen molar-refractivity contribution in [3.63, 3.8) is 0 Å². The topological polar surface area (TPSA) is 49.8 Å². The number of carbonyl (C=O) groups is 1.